The van der Waals surface area contributed by atoms with Crippen LogP contribution >= 0.6 is 22.9 Å². The summed E-state index contributed by atoms with van der Waals surface area (Å²) in [4.78, 5) is 0.826. The van der Waals surface area contributed by atoms with E-state index in [2.05, 4.69) is 39.2 Å². The Bertz CT molecular complexity index is 863. The number of para-hydroxylation sites is 1. The van der Waals surface area contributed by atoms with Gasteiger partial charge in [-0.15, -0.1) is 16.4 Å². The van der Waals surface area contributed by atoms with Crippen LogP contribution in [0.25, 0.3) is 5.69 Å². The molecule has 1 aromatic heterocycles. The number of hydrogen-bond donors (Lipinski definition) is 0. The smallest absolute Gasteiger partial charge is 0.215 e. The number of aromatic nitrogens is 1. The molecule has 0 unspecified atom stereocenters. The summed E-state index contributed by atoms with van der Waals surface area (Å²) >= 11 is 7.66. The molecule has 0 aliphatic heterocycles. The first kappa shape index (κ1) is 14.8. The van der Waals surface area contributed by atoms with Crippen LogP contribution in [-0.2, 0) is 0 Å². The standard InChI is InChI=1S/C17H14ClN3S/c1-13-12-22-17(21(13)15-8-3-2-4-9-15)20-19-11-14-7-5-6-10-16(14)18/h2-12H,1H3. The number of halogens is 1. The first-order chi connectivity index (χ1) is 10.8. The molecule has 3 rings (SSSR count). The monoisotopic (exact) mass is 327 g/mol. The lowest BCUT2D eigenvalue weighted by Crippen LogP contribution is -2.13. The predicted octanol–water partition coefficient (Wildman–Crippen LogP) is 4.44. The molecule has 0 fully saturated rings. The van der Waals surface area contributed by atoms with E-state index in [0.29, 0.717) is 5.02 Å². The quantitative estimate of drug-likeness (QED) is 0.503. The molecule has 1 heterocycles. The van der Waals surface area contributed by atoms with Crippen LogP contribution in [0.2, 0.25) is 5.02 Å². The number of thiazole rings is 1. The van der Waals surface area contributed by atoms with E-state index >= 15 is 0 Å². The highest BCUT2D eigenvalue weighted by atomic mass is 35.5. The molecular formula is C17H14ClN3S. The van der Waals surface area contributed by atoms with Crippen molar-refractivity contribution in [2.75, 3.05) is 0 Å². The molecule has 0 saturated heterocycles. The summed E-state index contributed by atoms with van der Waals surface area (Å²) < 4.78 is 2.08. The molecule has 0 aliphatic rings. The van der Waals surface area contributed by atoms with Gasteiger partial charge in [-0.05, 0) is 25.1 Å². The summed E-state index contributed by atoms with van der Waals surface area (Å²) in [6, 6.07) is 17.7. The van der Waals surface area contributed by atoms with E-state index in [1.807, 2.05) is 42.5 Å². The van der Waals surface area contributed by atoms with Crippen molar-refractivity contribution in [3.63, 3.8) is 0 Å². The van der Waals surface area contributed by atoms with E-state index in [1.165, 1.54) is 0 Å². The minimum atomic E-state index is 0.666. The van der Waals surface area contributed by atoms with Gasteiger partial charge >= 0.3 is 0 Å². The number of hydrogen-bond acceptors (Lipinski definition) is 3. The van der Waals surface area contributed by atoms with Gasteiger partial charge in [-0.2, -0.15) is 5.10 Å². The Labute approximate surface area is 137 Å². The average Bonchev–Trinajstić information content (AvgIpc) is 2.91. The summed E-state index contributed by atoms with van der Waals surface area (Å²) in [5.41, 5.74) is 3.06. The van der Waals surface area contributed by atoms with Crippen LogP contribution in [0.1, 0.15) is 11.3 Å². The van der Waals surface area contributed by atoms with E-state index in [0.717, 1.165) is 21.7 Å². The SMILES string of the molecule is Cc1csc(=NN=Cc2ccccc2Cl)n1-c1ccccc1. The van der Waals surface area contributed by atoms with Gasteiger partial charge in [0.25, 0.3) is 0 Å². The zero-order valence-corrected chi connectivity index (χ0v) is 13.6. The molecule has 0 spiro atoms. The molecule has 0 bridgehead atoms. The summed E-state index contributed by atoms with van der Waals surface area (Å²) in [6.45, 7) is 2.06. The van der Waals surface area contributed by atoms with Crippen LogP contribution in [0.3, 0.4) is 0 Å². The molecule has 3 nitrogen and oxygen atoms in total. The lowest BCUT2D eigenvalue weighted by atomic mass is 10.2. The van der Waals surface area contributed by atoms with Crippen LogP contribution in [0, 0.1) is 6.92 Å². The van der Waals surface area contributed by atoms with Crippen molar-refractivity contribution < 1.29 is 0 Å². The maximum Gasteiger partial charge on any atom is 0.215 e. The molecule has 2 aromatic carbocycles. The fourth-order valence-electron chi connectivity index (χ4n) is 2.07. The second-order valence-electron chi connectivity index (χ2n) is 4.70. The molecule has 22 heavy (non-hydrogen) atoms. The van der Waals surface area contributed by atoms with E-state index in [4.69, 9.17) is 11.6 Å². The fraction of sp³-hybridized carbons (Fsp3) is 0.0588. The van der Waals surface area contributed by atoms with Crippen molar-refractivity contribution in [1.82, 2.24) is 4.57 Å². The Morgan fingerprint density at radius 3 is 2.55 bits per heavy atom. The number of benzene rings is 2. The number of aryl methyl sites for hydroxylation is 1. The highest BCUT2D eigenvalue weighted by molar-refractivity contribution is 7.07. The highest BCUT2D eigenvalue weighted by Crippen LogP contribution is 2.13. The second-order valence-corrected chi connectivity index (χ2v) is 5.94. The van der Waals surface area contributed by atoms with Crippen molar-refractivity contribution in [1.29, 1.82) is 0 Å². The molecule has 5 heteroatoms. The van der Waals surface area contributed by atoms with Gasteiger partial charge in [0, 0.05) is 27.3 Å². The molecule has 0 radical (unpaired) electrons. The van der Waals surface area contributed by atoms with Crippen molar-refractivity contribution >= 4 is 29.2 Å². The van der Waals surface area contributed by atoms with Gasteiger partial charge < -0.3 is 0 Å². The molecule has 0 atom stereocenters. The Morgan fingerprint density at radius 1 is 1.05 bits per heavy atom. The summed E-state index contributed by atoms with van der Waals surface area (Å²) in [5.74, 6) is 0. The third-order valence-corrected chi connectivity index (χ3v) is 4.42. The summed E-state index contributed by atoms with van der Waals surface area (Å²) in [7, 11) is 0. The Balaban J connectivity index is 1.98. The topological polar surface area (TPSA) is 29.6 Å². The summed E-state index contributed by atoms with van der Waals surface area (Å²) in [5, 5.41) is 11.2. The lowest BCUT2D eigenvalue weighted by Gasteiger charge is -2.04. The molecule has 0 aliphatic carbocycles. The summed E-state index contributed by atoms with van der Waals surface area (Å²) in [6.07, 6.45) is 1.67. The fourth-order valence-corrected chi connectivity index (χ4v) is 3.09. The first-order valence-corrected chi connectivity index (χ1v) is 8.05. The van der Waals surface area contributed by atoms with Crippen molar-refractivity contribution in [2.24, 2.45) is 10.2 Å². The van der Waals surface area contributed by atoms with Crippen LogP contribution < -0.4 is 4.80 Å². The zero-order valence-electron chi connectivity index (χ0n) is 12.0. The van der Waals surface area contributed by atoms with E-state index in [9.17, 15) is 0 Å². The number of nitrogens with zero attached hydrogens (tertiary/aromatic N) is 3. The highest BCUT2D eigenvalue weighted by Gasteiger charge is 2.03. The van der Waals surface area contributed by atoms with Gasteiger partial charge in [-0.3, -0.25) is 4.57 Å². The minimum absolute atomic E-state index is 0.666. The van der Waals surface area contributed by atoms with Crippen molar-refractivity contribution in [3.8, 4) is 5.69 Å². The zero-order chi connectivity index (χ0) is 15.4. The van der Waals surface area contributed by atoms with Gasteiger partial charge in [0.15, 0.2) is 0 Å². The van der Waals surface area contributed by atoms with Crippen LogP contribution in [0.4, 0.5) is 0 Å². The van der Waals surface area contributed by atoms with E-state index in [1.54, 1.807) is 17.6 Å². The van der Waals surface area contributed by atoms with Crippen LogP contribution in [0.15, 0.2) is 70.2 Å². The average molecular weight is 328 g/mol. The Morgan fingerprint density at radius 2 is 1.77 bits per heavy atom. The predicted molar refractivity (Wildman–Crippen MR) is 93.0 cm³/mol. The lowest BCUT2D eigenvalue weighted by molar-refractivity contribution is 0.927. The largest absolute Gasteiger partial charge is 0.288 e. The normalized spacial score (nSPS) is 12.2. The van der Waals surface area contributed by atoms with E-state index in [-0.39, 0.29) is 0 Å². The Kier molecular flexibility index (Phi) is 4.51. The van der Waals surface area contributed by atoms with Crippen LogP contribution in [-0.4, -0.2) is 10.8 Å². The van der Waals surface area contributed by atoms with Gasteiger partial charge in [-0.25, -0.2) is 0 Å². The number of rotatable bonds is 3. The third-order valence-electron chi connectivity index (χ3n) is 3.14. The molecular weight excluding hydrogens is 314 g/mol. The third kappa shape index (κ3) is 3.18. The molecule has 0 amide bonds. The molecule has 0 saturated carbocycles. The molecule has 3 aromatic rings. The Hall–Kier alpha value is -2.17. The van der Waals surface area contributed by atoms with E-state index < -0.39 is 0 Å². The van der Waals surface area contributed by atoms with Gasteiger partial charge in [0.2, 0.25) is 4.80 Å². The maximum absolute atomic E-state index is 6.10. The van der Waals surface area contributed by atoms with Gasteiger partial charge in [-0.1, -0.05) is 48.0 Å². The van der Waals surface area contributed by atoms with Crippen LogP contribution in [0.5, 0.6) is 0 Å². The molecule has 0 N–H and O–H groups in total. The first-order valence-electron chi connectivity index (χ1n) is 6.80. The molecule has 110 valence electrons. The van der Waals surface area contributed by atoms with Crippen molar-refractivity contribution in [3.05, 3.63) is 81.1 Å². The minimum Gasteiger partial charge on any atom is -0.288 e. The van der Waals surface area contributed by atoms with Gasteiger partial charge in [0.05, 0.1) is 6.21 Å². The second kappa shape index (κ2) is 6.73. The van der Waals surface area contributed by atoms with Gasteiger partial charge in [0.1, 0.15) is 0 Å². The maximum atomic E-state index is 6.10. The van der Waals surface area contributed by atoms with Crippen molar-refractivity contribution in [2.45, 2.75) is 6.92 Å².